The fourth-order valence-corrected chi connectivity index (χ4v) is 2.44. The number of nitrogens with zero attached hydrogens (tertiary/aromatic N) is 1. The minimum Gasteiger partial charge on any atom is -0.478 e. The van der Waals surface area contributed by atoms with Gasteiger partial charge in [-0.3, -0.25) is 0 Å². The van der Waals surface area contributed by atoms with Gasteiger partial charge in [-0.25, -0.2) is 4.79 Å². The average Bonchev–Trinajstić information content (AvgIpc) is 2.63. The fraction of sp³-hybridized carbons (Fsp3) is 0.400. The van der Waals surface area contributed by atoms with Crippen molar-refractivity contribution >= 4 is 16.9 Å². The number of fused-ring (bicyclic) bond motifs is 1. The summed E-state index contributed by atoms with van der Waals surface area (Å²) in [7, 11) is 1.70. The van der Waals surface area contributed by atoms with Gasteiger partial charge in [-0.2, -0.15) is 0 Å². The Morgan fingerprint density at radius 2 is 2.11 bits per heavy atom. The SMILES string of the molecule is COCCCn1c(C)c(C)c2cc(C(=O)O)ccc21. The third-order valence-electron chi connectivity index (χ3n) is 3.62. The van der Waals surface area contributed by atoms with Gasteiger partial charge in [0.25, 0.3) is 0 Å². The first-order valence-electron chi connectivity index (χ1n) is 6.38. The highest BCUT2D eigenvalue weighted by Crippen LogP contribution is 2.26. The third kappa shape index (κ3) is 2.49. The number of hydrogen-bond donors (Lipinski definition) is 1. The van der Waals surface area contributed by atoms with Crippen molar-refractivity contribution in [3.63, 3.8) is 0 Å². The number of ether oxygens (including phenoxy) is 1. The van der Waals surface area contributed by atoms with Gasteiger partial charge >= 0.3 is 5.97 Å². The summed E-state index contributed by atoms with van der Waals surface area (Å²) in [5, 5.41) is 10.1. The van der Waals surface area contributed by atoms with E-state index in [0.29, 0.717) is 5.56 Å². The van der Waals surface area contributed by atoms with E-state index in [0.717, 1.165) is 36.0 Å². The Balaban J connectivity index is 2.47. The third-order valence-corrected chi connectivity index (χ3v) is 3.62. The molecular formula is C15H19NO3. The topological polar surface area (TPSA) is 51.5 Å². The number of aryl methyl sites for hydroxylation is 2. The molecule has 1 heterocycles. The van der Waals surface area contributed by atoms with E-state index in [2.05, 4.69) is 11.5 Å². The molecule has 0 amide bonds. The molecule has 0 saturated carbocycles. The van der Waals surface area contributed by atoms with Crippen LogP contribution in [0.1, 0.15) is 28.0 Å². The molecular weight excluding hydrogens is 242 g/mol. The molecule has 0 aliphatic heterocycles. The van der Waals surface area contributed by atoms with Gasteiger partial charge < -0.3 is 14.4 Å². The van der Waals surface area contributed by atoms with Gasteiger partial charge in [-0.05, 0) is 44.0 Å². The van der Waals surface area contributed by atoms with E-state index < -0.39 is 5.97 Å². The van der Waals surface area contributed by atoms with E-state index in [1.165, 1.54) is 5.69 Å². The molecule has 4 nitrogen and oxygen atoms in total. The van der Waals surface area contributed by atoms with Crippen LogP contribution >= 0.6 is 0 Å². The van der Waals surface area contributed by atoms with Crippen molar-refractivity contribution in [2.24, 2.45) is 0 Å². The number of aromatic carboxylic acids is 1. The maximum atomic E-state index is 11.0. The van der Waals surface area contributed by atoms with E-state index in [4.69, 9.17) is 9.84 Å². The number of benzene rings is 1. The monoisotopic (exact) mass is 261 g/mol. The summed E-state index contributed by atoms with van der Waals surface area (Å²) in [5.41, 5.74) is 3.77. The molecule has 1 aromatic carbocycles. The summed E-state index contributed by atoms with van der Waals surface area (Å²) < 4.78 is 7.31. The van der Waals surface area contributed by atoms with E-state index in [1.807, 2.05) is 13.0 Å². The van der Waals surface area contributed by atoms with Crippen molar-refractivity contribution in [3.8, 4) is 0 Å². The predicted octanol–water partition coefficient (Wildman–Crippen LogP) is 2.99. The summed E-state index contributed by atoms with van der Waals surface area (Å²) in [6, 6.07) is 5.31. The highest BCUT2D eigenvalue weighted by atomic mass is 16.5. The molecule has 0 fully saturated rings. The van der Waals surface area contributed by atoms with E-state index >= 15 is 0 Å². The minimum atomic E-state index is -0.883. The zero-order valence-electron chi connectivity index (χ0n) is 11.6. The van der Waals surface area contributed by atoms with Crippen molar-refractivity contribution in [2.45, 2.75) is 26.8 Å². The smallest absolute Gasteiger partial charge is 0.335 e. The van der Waals surface area contributed by atoms with Gasteiger partial charge in [0.2, 0.25) is 0 Å². The van der Waals surface area contributed by atoms with Crippen LogP contribution in [0.5, 0.6) is 0 Å². The van der Waals surface area contributed by atoms with Gasteiger partial charge in [0.1, 0.15) is 0 Å². The van der Waals surface area contributed by atoms with Gasteiger partial charge in [0.05, 0.1) is 5.56 Å². The van der Waals surface area contributed by atoms with Crippen LogP contribution in [-0.4, -0.2) is 29.4 Å². The summed E-state index contributed by atoms with van der Waals surface area (Å²) >= 11 is 0. The molecule has 0 atom stereocenters. The Morgan fingerprint density at radius 1 is 1.37 bits per heavy atom. The molecule has 0 unspecified atom stereocenters. The van der Waals surface area contributed by atoms with E-state index in [9.17, 15) is 4.79 Å². The van der Waals surface area contributed by atoms with E-state index in [-0.39, 0.29) is 0 Å². The van der Waals surface area contributed by atoms with Crippen LogP contribution in [-0.2, 0) is 11.3 Å². The lowest BCUT2D eigenvalue weighted by Crippen LogP contribution is -2.03. The molecule has 1 N–H and O–H groups in total. The largest absolute Gasteiger partial charge is 0.478 e. The molecule has 1 aromatic heterocycles. The van der Waals surface area contributed by atoms with Gasteiger partial charge in [-0.1, -0.05) is 0 Å². The average molecular weight is 261 g/mol. The maximum absolute atomic E-state index is 11.0. The molecule has 2 aromatic rings. The summed E-state index contributed by atoms with van der Waals surface area (Å²) in [5.74, 6) is -0.883. The van der Waals surface area contributed by atoms with Crippen molar-refractivity contribution in [3.05, 3.63) is 35.0 Å². The van der Waals surface area contributed by atoms with Crippen molar-refractivity contribution in [1.82, 2.24) is 4.57 Å². The van der Waals surface area contributed by atoms with Gasteiger partial charge in [0.15, 0.2) is 0 Å². The van der Waals surface area contributed by atoms with Crippen LogP contribution in [0.2, 0.25) is 0 Å². The summed E-state index contributed by atoms with van der Waals surface area (Å²) in [4.78, 5) is 11.0. The molecule has 102 valence electrons. The first-order chi connectivity index (χ1) is 9.06. The molecule has 0 saturated heterocycles. The van der Waals surface area contributed by atoms with E-state index in [1.54, 1.807) is 19.2 Å². The predicted molar refractivity (Wildman–Crippen MR) is 74.9 cm³/mol. The van der Waals surface area contributed by atoms with Gasteiger partial charge in [0, 0.05) is 36.9 Å². The second kappa shape index (κ2) is 5.45. The lowest BCUT2D eigenvalue weighted by Gasteiger charge is -2.08. The quantitative estimate of drug-likeness (QED) is 0.842. The Kier molecular flexibility index (Phi) is 3.90. The molecule has 19 heavy (non-hydrogen) atoms. The maximum Gasteiger partial charge on any atom is 0.335 e. The zero-order valence-corrected chi connectivity index (χ0v) is 11.6. The second-order valence-corrected chi connectivity index (χ2v) is 4.75. The van der Waals surface area contributed by atoms with Crippen LogP contribution < -0.4 is 0 Å². The van der Waals surface area contributed by atoms with Gasteiger partial charge in [-0.15, -0.1) is 0 Å². The molecule has 0 aliphatic rings. The molecule has 0 radical (unpaired) electrons. The Hall–Kier alpha value is -1.81. The Morgan fingerprint density at radius 3 is 2.74 bits per heavy atom. The number of hydrogen-bond acceptors (Lipinski definition) is 2. The lowest BCUT2D eigenvalue weighted by molar-refractivity contribution is 0.0697. The fourth-order valence-electron chi connectivity index (χ4n) is 2.44. The first-order valence-corrected chi connectivity index (χ1v) is 6.38. The van der Waals surface area contributed by atoms with Crippen LogP contribution in [0.3, 0.4) is 0 Å². The Labute approximate surface area is 112 Å². The zero-order chi connectivity index (χ0) is 14.0. The van der Waals surface area contributed by atoms with Crippen LogP contribution in [0, 0.1) is 13.8 Å². The van der Waals surface area contributed by atoms with Crippen LogP contribution in [0.4, 0.5) is 0 Å². The molecule has 0 aliphatic carbocycles. The normalized spacial score (nSPS) is 11.1. The number of methoxy groups -OCH3 is 1. The molecule has 0 bridgehead atoms. The Bertz CT molecular complexity index is 613. The number of carboxylic acid groups (broad SMARTS) is 1. The summed E-state index contributed by atoms with van der Waals surface area (Å²) in [6.07, 6.45) is 0.946. The van der Waals surface area contributed by atoms with Crippen LogP contribution in [0.25, 0.3) is 10.9 Å². The standard InChI is InChI=1S/C15H19NO3/c1-10-11(2)16(7-4-8-19-3)14-6-5-12(15(17)18)9-13(10)14/h5-6,9H,4,7-8H2,1-3H3,(H,17,18). The number of carbonyl (C=O) groups is 1. The summed E-state index contributed by atoms with van der Waals surface area (Å²) in [6.45, 7) is 5.72. The highest BCUT2D eigenvalue weighted by molar-refractivity contribution is 5.95. The number of aromatic nitrogens is 1. The number of carboxylic acids is 1. The molecule has 4 heteroatoms. The first kappa shape index (κ1) is 13.6. The molecule has 0 spiro atoms. The van der Waals surface area contributed by atoms with Crippen molar-refractivity contribution in [2.75, 3.05) is 13.7 Å². The minimum absolute atomic E-state index is 0.338. The van der Waals surface area contributed by atoms with Crippen molar-refractivity contribution in [1.29, 1.82) is 0 Å². The molecule has 2 rings (SSSR count). The van der Waals surface area contributed by atoms with Crippen molar-refractivity contribution < 1.29 is 14.6 Å². The second-order valence-electron chi connectivity index (χ2n) is 4.75. The highest BCUT2D eigenvalue weighted by Gasteiger charge is 2.13. The number of rotatable bonds is 5. The van der Waals surface area contributed by atoms with Crippen LogP contribution in [0.15, 0.2) is 18.2 Å². The lowest BCUT2D eigenvalue weighted by atomic mass is 10.1.